The van der Waals surface area contributed by atoms with Crippen molar-refractivity contribution < 1.29 is 9.53 Å². The maximum absolute atomic E-state index is 13.0. The molecule has 5 fully saturated rings. The lowest BCUT2D eigenvalue weighted by atomic mass is 9.78. The van der Waals surface area contributed by atoms with Gasteiger partial charge in [-0.2, -0.15) is 0 Å². The van der Waals surface area contributed by atoms with E-state index in [2.05, 4.69) is 49.4 Å². The summed E-state index contributed by atoms with van der Waals surface area (Å²) in [5, 5.41) is 17.4. The summed E-state index contributed by atoms with van der Waals surface area (Å²) in [6.07, 6.45) is 8.84. The van der Waals surface area contributed by atoms with Crippen molar-refractivity contribution >= 4 is 5.91 Å². The Morgan fingerprint density at radius 3 is 2.88 bits per heavy atom. The van der Waals surface area contributed by atoms with E-state index in [4.69, 9.17) is 4.74 Å². The van der Waals surface area contributed by atoms with Crippen LogP contribution in [0, 0.1) is 17.8 Å². The first-order chi connectivity index (χ1) is 16.2. The highest BCUT2D eigenvalue weighted by Crippen LogP contribution is 2.37. The van der Waals surface area contributed by atoms with E-state index in [9.17, 15) is 4.79 Å². The van der Waals surface area contributed by atoms with Gasteiger partial charge < -0.3 is 20.7 Å². The molecule has 4 saturated heterocycles. The number of fused-ring (bicyclic) bond motifs is 1. The second kappa shape index (κ2) is 11.3. The largest absolute Gasteiger partial charge is 0.378 e. The topological polar surface area (TPSA) is 114 Å². The van der Waals surface area contributed by atoms with Crippen molar-refractivity contribution in [1.82, 2.24) is 42.3 Å². The van der Waals surface area contributed by atoms with E-state index in [1.165, 1.54) is 25.7 Å². The van der Waals surface area contributed by atoms with Crippen molar-refractivity contribution in [2.45, 2.75) is 75.6 Å². The molecule has 4 aliphatic heterocycles. The third-order valence-electron chi connectivity index (χ3n) is 8.58. The normalized spacial score (nSPS) is 42.2. The molecule has 7 N–H and O–H groups in total. The maximum atomic E-state index is 13.0. The average molecular weight is 465 g/mol. The molecular weight excluding hydrogens is 420 g/mol. The molecule has 5 rings (SSSR count). The van der Waals surface area contributed by atoms with Gasteiger partial charge in [0.25, 0.3) is 0 Å². The second-order valence-corrected chi connectivity index (χ2v) is 10.6. The van der Waals surface area contributed by atoms with Gasteiger partial charge >= 0.3 is 0 Å². The number of hydrazine groups is 1. The fraction of sp³-hybridized carbons (Fsp3) is 0.957. The van der Waals surface area contributed by atoms with Crippen molar-refractivity contribution in [2.75, 3.05) is 46.5 Å². The minimum atomic E-state index is 0.0757. The van der Waals surface area contributed by atoms with Gasteiger partial charge in [0.1, 0.15) is 0 Å². The lowest BCUT2D eigenvalue weighted by molar-refractivity contribution is -0.126. The summed E-state index contributed by atoms with van der Waals surface area (Å²) in [6.45, 7) is 5.29. The van der Waals surface area contributed by atoms with Crippen LogP contribution in [0.2, 0.25) is 0 Å². The fourth-order valence-electron chi connectivity index (χ4n) is 6.53. The molecule has 1 amide bonds. The molecule has 10 heteroatoms. The third-order valence-corrected chi connectivity index (χ3v) is 8.58. The first-order valence-electron chi connectivity index (χ1n) is 13.2. The van der Waals surface area contributed by atoms with E-state index in [0.29, 0.717) is 18.1 Å². The van der Waals surface area contributed by atoms with Gasteiger partial charge in [0.05, 0.1) is 24.6 Å². The van der Waals surface area contributed by atoms with Crippen LogP contribution < -0.4 is 37.4 Å². The second-order valence-electron chi connectivity index (χ2n) is 10.6. The summed E-state index contributed by atoms with van der Waals surface area (Å²) in [7, 11) is 2.17. The monoisotopic (exact) mass is 464 g/mol. The van der Waals surface area contributed by atoms with Crippen LogP contribution in [0.5, 0.6) is 0 Å². The lowest BCUT2D eigenvalue weighted by Gasteiger charge is -2.35. The zero-order valence-corrected chi connectivity index (χ0v) is 20.1. The average Bonchev–Trinajstić information content (AvgIpc) is 3.49. The molecule has 0 aromatic heterocycles. The number of piperidine rings is 1. The zero-order valence-electron chi connectivity index (χ0n) is 20.1. The number of amides is 1. The van der Waals surface area contributed by atoms with Crippen LogP contribution in [0.4, 0.5) is 0 Å². The summed E-state index contributed by atoms with van der Waals surface area (Å²) in [5.41, 5.74) is 6.89. The first-order valence-corrected chi connectivity index (χ1v) is 13.2. The number of ether oxygens (including phenoxy) is 1. The van der Waals surface area contributed by atoms with Crippen molar-refractivity contribution in [3.8, 4) is 0 Å². The van der Waals surface area contributed by atoms with Gasteiger partial charge in [0.2, 0.25) is 5.91 Å². The summed E-state index contributed by atoms with van der Waals surface area (Å²) in [6, 6.07) is 0.434. The molecule has 0 spiro atoms. The molecule has 8 atom stereocenters. The molecule has 8 unspecified atom stereocenters. The van der Waals surface area contributed by atoms with E-state index in [1.807, 2.05) is 0 Å². The van der Waals surface area contributed by atoms with E-state index in [1.54, 1.807) is 0 Å². The standard InChI is InChI=1S/C23H44N8O2/c1-31-20(29-30-22(31)18-6-8-24-14-28-18)13-26-19-11-16(5-9-25-19)23(32)27-12-17-4-2-3-15-7-10-33-21(15)17/h15-22,24-26,28-30H,2-14H2,1H3,(H,27,32). The van der Waals surface area contributed by atoms with E-state index in [-0.39, 0.29) is 30.3 Å². The van der Waals surface area contributed by atoms with Crippen LogP contribution in [0.15, 0.2) is 0 Å². The predicted molar refractivity (Wildman–Crippen MR) is 127 cm³/mol. The minimum absolute atomic E-state index is 0.0757. The van der Waals surface area contributed by atoms with Gasteiger partial charge in [0.15, 0.2) is 0 Å². The SMILES string of the molecule is CN1C(CNC2CC(C(=O)NCC3CCCC4CCOC43)CCN2)NNC1C1CCNCN1. The molecule has 1 aliphatic carbocycles. The van der Waals surface area contributed by atoms with Gasteiger partial charge in [0, 0.05) is 44.2 Å². The number of carbonyl (C=O) groups is 1. The Hall–Kier alpha value is -0.850. The van der Waals surface area contributed by atoms with Gasteiger partial charge in [-0.25, -0.2) is 10.9 Å². The van der Waals surface area contributed by atoms with Crippen LogP contribution in [-0.2, 0) is 9.53 Å². The van der Waals surface area contributed by atoms with Crippen molar-refractivity contribution in [3.63, 3.8) is 0 Å². The van der Waals surface area contributed by atoms with Gasteiger partial charge in [-0.1, -0.05) is 6.42 Å². The highest BCUT2D eigenvalue weighted by Gasteiger charge is 2.39. The summed E-state index contributed by atoms with van der Waals surface area (Å²) < 4.78 is 6.01. The van der Waals surface area contributed by atoms with E-state index in [0.717, 1.165) is 64.6 Å². The van der Waals surface area contributed by atoms with Crippen LogP contribution in [-0.4, -0.2) is 88.0 Å². The summed E-state index contributed by atoms with van der Waals surface area (Å²) >= 11 is 0. The Morgan fingerprint density at radius 2 is 2.00 bits per heavy atom. The smallest absolute Gasteiger partial charge is 0.223 e. The maximum Gasteiger partial charge on any atom is 0.223 e. The highest BCUT2D eigenvalue weighted by molar-refractivity contribution is 5.78. The fourth-order valence-corrected chi connectivity index (χ4v) is 6.53. The molecule has 5 aliphatic rings. The number of hydrogen-bond acceptors (Lipinski definition) is 9. The number of rotatable bonds is 7. The van der Waals surface area contributed by atoms with Gasteiger partial charge in [-0.15, -0.1) is 0 Å². The number of likely N-dealkylation sites (N-methyl/N-ethyl adjacent to an activating group) is 1. The third kappa shape index (κ3) is 5.70. The molecule has 188 valence electrons. The lowest BCUT2D eigenvalue weighted by Crippen LogP contribution is -2.58. The van der Waals surface area contributed by atoms with Crippen molar-refractivity contribution in [2.24, 2.45) is 17.8 Å². The predicted octanol–water partition coefficient (Wildman–Crippen LogP) is -1.18. The molecule has 1 saturated carbocycles. The first kappa shape index (κ1) is 23.9. The zero-order chi connectivity index (χ0) is 22.6. The van der Waals surface area contributed by atoms with E-state index < -0.39 is 0 Å². The Morgan fingerprint density at radius 1 is 1.06 bits per heavy atom. The molecule has 4 heterocycles. The quantitative estimate of drug-likeness (QED) is 0.250. The minimum Gasteiger partial charge on any atom is -0.378 e. The highest BCUT2D eigenvalue weighted by atomic mass is 16.5. The molecule has 10 nitrogen and oxygen atoms in total. The number of nitrogens with one attached hydrogen (secondary N) is 7. The van der Waals surface area contributed by atoms with Crippen molar-refractivity contribution in [1.29, 1.82) is 0 Å². The molecule has 0 aromatic rings. The number of nitrogens with zero attached hydrogens (tertiary/aromatic N) is 1. The molecule has 0 bridgehead atoms. The van der Waals surface area contributed by atoms with E-state index >= 15 is 0 Å². The van der Waals surface area contributed by atoms with Crippen molar-refractivity contribution in [3.05, 3.63) is 0 Å². The van der Waals surface area contributed by atoms with Crippen LogP contribution >= 0.6 is 0 Å². The van der Waals surface area contributed by atoms with Crippen LogP contribution in [0.1, 0.15) is 44.9 Å². The molecule has 0 aromatic carbocycles. The molecule has 0 radical (unpaired) electrons. The van der Waals surface area contributed by atoms with Crippen LogP contribution in [0.25, 0.3) is 0 Å². The Balaban J connectivity index is 1.04. The van der Waals surface area contributed by atoms with Gasteiger partial charge in [-0.3, -0.25) is 20.3 Å². The Kier molecular flexibility index (Phi) is 8.14. The molecule has 33 heavy (non-hydrogen) atoms. The van der Waals surface area contributed by atoms with Crippen LogP contribution in [0.3, 0.4) is 0 Å². The number of carbonyl (C=O) groups excluding carboxylic acids is 1. The summed E-state index contributed by atoms with van der Waals surface area (Å²) in [4.78, 5) is 15.3. The Labute approximate surface area is 198 Å². The molecular formula is C23H44N8O2. The Bertz CT molecular complexity index is 648. The van der Waals surface area contributed by atoms with Gasteiger partial charge in [-0.05, 0) is 64.6 Å². The number of hydrogen-bond donors (Lipinski definition) is 7. The summed E-state index contributed by atoms with van der Waals surface area (Å²) in [5.74, 6) is 1.50.